The Labute approximate surface area is 128 Å². The predicted octanol–water partition coefficient (Wildman–Crippen LogP) is 2.67. The first kappa shape index (κ1) is 16.5. The highest BCUT2D eigenvalue weighted by molar-refractivity contribution is 7.89. The van der Waals surface area contributed by atoms with Crippen molar-refractivity contribution in [2.75, 3.05) is 6.54 Å². The molecule has 21 heavy (non-hydrogen) atoms. The van der Waals surface area contributed by atoms with Gasteiger partial charge in [0, 0.05) is 12.6 Å². The average Bonchev–Trinajstić information content (AvgIpc) is 2.77. The summed E-state index contributed by atoms with van der Waals surface area (Å²) >= 11 is 0. The molecule has 1 aromatic rings. The van der Waals surface area contributed by atoms with Crippen LogP contribution >= 0.6 is 0 Å². The van der Waals surface area contributed by atoms with Gasteiger partial charge in [0.15, 0.2) is 0 Å². The molecular weight excluding hydrogens is 284 g/mol. The molecule has 1 fully saturated rings. The maximum Gasteiger partial charge on any atom is 0.240 e. The Bertz CT molecular complexity index is 602. The molecule has 0 aromatic heterocycles. The van der Waals surface area contributed by atoms with Crippen LogP contribution in [0, 0.1) is 16.7 Å². The largest absolute Gasteiger partial charge is 0.324 e. The highest BCUT2D eigenvalue weighted by Crippen LogP contribution is 2.67. The normalized spacial score (nSPS) is 22.0. The quantitative estimate of drug-likeness (QED) is 0.878. The summed E-state index contributed by atoms with van der Waals surface area (Å²) in [5.74, 6) is 0.364. The van der Waals surface area contributed by atoms with Gasteiger partial charge in [0.2, 0.25) is 10.0 Å². The summed E-state index contributed by atoms with van der Waals surface area (Å²) in [6, 6.07) is 6.67. The van der Waals surface area contributed by atoms with Gasteiger partial charge in [0.05, 0.1) is 4.90 Å². The monoisotopic (exact) mass is 310 g/mol. The van der Waals surface area contributed by atoms with Crippen LogP contribution in [0.5, 0.6) is 0 Å². The third-order valence-corrected chi connectivity index (χ3v) is 6.95. The number of benzene rings is 1. The first-order valence-electron chi connectivity index (χ1n) is 7.35. The summed E-state index contributed by atoms with van der Waals surface area (Å²) in [5.41, 5.74) is 7.05. The topological polar surface area (TPSA) is 72.2 Å². The van der Waals surface area contributed by atoms with E-state index in [1.54, 1.807) is 24.3 Å². The second-order valence-corrected chi connectivity index (χ2v) is 8.97. The summed E-state index contributed by atoms with van der Waals surface area (Å²) in [7, 11) is -3.45. The summed E-state index contributed by atoms with van der Waals surface area (Å²) in [6.45, 7) is 11.1. The van der Waals surface area contributed by atoms with E-state index in [0.717, 1.165) is 5.56 Å². The van der Waals surface area contributed by atoms with Crippen molar-refractivity contribution in [1.29, 1.82) is 0 Å². The van der Waals surface area contributed by atoms with E-state index < -0.39 is 10.0 Å². The molecule has 118 valence electrons. The van der Waals surface area contributed by atoms with Crippen LogP contribution in [0.2, 0.25) is 0 Å². The van der Waals surface area contributed by atoms with Gasteiger partial charge < -0.3 is 5.73 Å². The van der Waals surface area contributed by atoms with Crippen molar-refractivity contribution in [3.63, 3.8) is 0 Å². The van der Waals surface area contributed by atoms with Crippen LogP contribution in [0.4, 0.5) is 0 Å². The standard InChI is InChI=1S/C16H26N2O2S/c1-11(17)12-6-8-13(9-7-12)21(19,20)18-10-14-15(2,3)16(14,4)5/h6-9,11,14,18H,10,17H2,1-5H3. The SMILES string of the molecule is CC(N)c1ccc(S(=O)(=O)NCC2C(C)(C)C2(C)C)cc1. The molecule has 2 rings (SSSR count). The Morgan fingerprint density at radius 1 is 1.14 bits per heavy atom. The first-order chi connectivity index (χ1) is 9.50. The molecule has 1 aromatic carbocycles. The lowest BCUT2D eigenvalue weighted by molar-refractivity contribution is 0.457. The Hall–Kier alpha value is -0.910. The van der Waals surface area contributed by atoms with E-state index in [2.05, 4.69) is 32.4 Å². The molecule has 4 nitrogen and oxygen atoms in total. The summed E-state index contributed by atoms with van der Waals surface area (Å²) in [4.78, 5) is 0.295. The molecular formula is C16H26N2O2S. The van der Waals surface area contributed by atoms with Crippen LogP contribution in [-0.4, -0.2) is 15.0 Å². The van der Waals surface area contributed by atoms with Crippen LogP contribution in [0.15, 0.2) is 29.2 Å². The molecule has 0 heterocycles. The van der Waals surface area contributed by atoms with E-state index in [4.69, 9.17) is 5.73 Å². The zero-order valence-corrected chi connectivity index (χ0v) is 14.3. The fourth-order valence-corrected chi connectivity index (χ4v) is 4.12. The summed E-state index contributed by atoms with van der Waals surface area (Å²) in [5, 5.41) is 0. The van der Waals surface area contributed by atoms with Gasteiger partial charge in [-0.3, -0.25) is 0 Å². The highest BCUT2D eigenvalue weighted by Gasteiger charge is 2.64. The molecule has 1 atom stereocenters. The number of hydrogen-bond acceptors (Lipinski definition) is 3. The maximum absolute atomic E-state index is 12.3. The number of nitrogens with one attached hydrogen (secondary N) is 1. The Morgan fingerprint density at radius 3 is 2.00 bits per heavy atom. The lowest BCUT2D eigenvalue weighted by atomic mass is 10.0. The smallest absolute Gasteiger partial charge is 0.240 e. The van der Waals surface area contributed by atoms with Gasteiger partial charge in [0.25, 0.3) is 0 Å². The number of hydrogen-bond donors (Lipinski definition) is 2. The molecule has 0 amide bonds. The van der Waals surface area contributed by atoms with E-state index in [0.29, 0.717) is 17.4 Å². The maximum atomic E-state index is 12.3. The third-order valence-electron chi connectivity index (χ3n) is 5.51. The van der Waals surface area contributed by atoms with Gasteiger partial charge in [-0.25, -0.2) is 13.1 Å². The van der Waals surface area contributed by atoms with Crippen LogP contribution in [0.25, 0.3) is 0 Å². The Balaban J connectivity index is 2.06. The molecule has 1 aliphatic rings. The second-order valence-electron chi connectivity index (χ2n) is 7.21. The van der Waals surface area contributed by atoms with Crippen molar-refractivity contribution in [1.82, 2.24) is 4.72 Å². The van der Waals surface area contributed by atoms with E-state index in [-0.39, 0.29) is 16.9 Å². The van der Waals surface area contributed by atoms with Crippen molar-refractivity contribution in [2.24, 2.45) is 22.5 Å². The molecule has 0 spiro atoms. The minimum Gasteiger partial charge on any atom is -0.324 e. The van der Waals surface area contributed by atoms with Crippen molar-refractivity contribution >= 4 is 10.0 Å². The van der Waals surface area contributed by atoms with E-state index in [1.807, 2.05) is 6.92 Å². The Morgan fingerprint density at radius 2 is 1.62 bits per heavy atom. The summed E-state index contributed by atoms with van der Waals surface area (Å²) in [6.07, 6.45) is 0. The van der Waals surface area contributed by atoms with Crippen molar-refractivity contribution in [3.05, 3.63) is 29.8 Å². The molecule has 0 radical (unpaired) electrons. The molecule has 1 aliphatic carbocycles. The van der Waals surface area contributed by atoms with Crippen LogP contribution in [-0.2, 0) is 10.0 Å². The van der Waals surface area contributed by atoms with Crippen molar-refractivity contribution < 1.29 is 8.42 Å². The zero-order chi connectivity index (χ0) is 16.1. The minimum absolute atomic E-state index is 0.0947. The van der Waals surface area contributed by atoms with E-state index >= 15 is 0 Å². The second kappa shape index (κ2) is 5.07. The predicted molar refractivity (Wildman–Crippen MR) is 85.3 cm³/mol. The lowest BCUT2D eigenvalue weighted by Gasteiger charge is -2.10. The number of sulfonamides is 1. The van der Waals surface area contributed by atoms with Crippen LogP contribution in [0.1, 0.15) is 46.2 Å². The van der Waals surface area contributed by atoms with Gasteiger partial charge >= 0.3 is 0 Å². The van der Waals surface area contributed by atoms with E-state index in [9.17, 15) is 8.42 Å². The van der Waals surface area contributed by atoms with Gasteiger partial charge in [-0.05, 0) is 41.4 Å². The van der Waals surface area contributed by atoms with Gasteiger partial charge in [0.1, 0.15) is 0 Å². The number of rotatable bonds is 5. The zero-order valence-electron chi connectivity index (χ0n) is 13.5. The Kier molecular flexibility index (Phi) is 3.98. The first-order valence-corrected chi connectivity index (χ1v) is 8.83. The van der Waals surface area contributed by atoms with Gasteiger partial charge in [-0.15, -0.1) is 0 Å². The molecule has 0 saturated heterocycles. The summed E-state index contributed by atoms with van der Waals surface area (Å²) < 4.78 is 27.4. The third kappa shape index (κ3) is 2.87. The number of nitrogens with two attached hydrogens (primary N) is 1. The molecule has 0 bridgehead atoms. The van der Waals surface area contributed by atoms with Crippen LogP contribution in [0.3, 0.4) is 0 Å². The van der Waals surface area contributed by atoms with Crippen LogP contribution < -0.4 is 10.5 Å². The lowest BCUT2D eigenvalue weighted by Crippen LogP contribution is -2.27. The fourth-order valence-electron chi connectivity index (χ4n) is 3.07. The van der Waals surface area contributed by atoms with E-state index in [1.165, 1.54) is 0 Å². The minimum atomic E-state index is -3.45. The van der Waals surface area contributed by atoms with Gasteiger partial charge in [-0.2, -0.15) is 0 Å². The fraction of sp³-hybridized carbons (Fsp3) is 0.625. The molecule has 5 heteroatoms. The average molecular weight is 310 g/mol. The van der Waals surface area contributed by atoms with Crippen molar-refractivity contribution in [2.45, 2.75) is 45.6 Å². The van der Waals surface area contributed by atoms with Gasteiger partial charge in [-0.1, -0.05) is 39.8 Å². The highest BCUT2D eigenvalue weighted by atomic mass is 32.2. The molecule has 3 N–H and O–H groups in total. The molecule has 1 saturated carbocycles. The van der Waals surface area contributed by atoms with Crippen molar-refractivity contribution in [3.8, 4) is 0 Å². The molecule has 0 aliphatic heterocycles. The molecule has 1 unspecified atom stereocenters.